The Labute approximate surface area is 680 Å². The van der Waals surface area contributed by atoms with Gasteiger partial charge in [0.25, 0.3) is 0 Å². The van der Waals surface area contributed by atoms with E-state index >= 15 is 0 Å². The predicted molar refractivity (Wildman–Crippen MR) is 508 cm³/mol. The highest BCUT2D eigenvalue weighted by Crippen LogP contribution is 2.49. The summed E-state index contributed by atoms with van der Waals surface area (Å²) in [6.07, 6.45) is 60.7. The van der Waals surface area contributed by atoms with Crippen LogP contribution in [0.2, 0.25) is 33.2 Å². The summed E-state index contributed by atoms with van der Waals surface area (Å²) < 4.78 is 9.69. The summed E-state index contributed by atoms with van der Waals surface area (Å²) in [5.74, 6) is 0. The second kappa shape index (κ2) is 45.7. The number of hydrogen-bond donors (Lipinski definition) is 0. The van der Waals surface area contributed by atoms with E-state index in [1.807, 2.05) is 22.7 Å². The van der Waals surface area contributed by atoms with E-state index in [0.717, 1.165) is 0 Å². The molecule has 0 saturated heterocycles. The standard InChI is InChI=1S/C60H98S2Si2.C42H58S2/c1-15-17-19-21-23-25-27-29-31-33-35-49-39-55-51(59-53(49)41-57(61-59)63(43(3)4,44(5)6)45(7)8)37-38-52-56(55)40-50(36-34-32-30-28-26-24-22-20-18-16-2)54-42-58(62-60(52)54)64(46(9)10,47(11)12)48(13)14;1-3-5-7-9-11-13-15-17-19-21-23-33-31-39-37(41-35(33)27-29-43-41)25-26-38-40(39)32-34(36-28-30-44-42(36)38)24-22-20-18-16-14-12-10-8-6-4-2/h37-48H,15-36H2,1-14H3;25-32H,3-24H2,1-2H3. The van der Waals surface area contributed by atoms with Crippen LogP contribution in [0.5, 0.6) is 0 Å². The molecule has 0 fully saturated rings. The van der Waals surface area contributed by atoms with Gasteiger partial charge in [0.1, 0.15) is 16.1 Å². The summed E-state index contributed by atoms with van der Waals surface area (Å²) in [4.78, 5) is 0. The minimum atomic E-state index is -1.82. The molecule has 0 atom stereocenters. The molecule has 0 aliphatic rings. The molecule has 0 aliphatic carbocycles. The molecule has 596 valence electrons. The Balaban J connectivity index is 0.000000266. The smallest absolute Gasteiger partial charge is 0.107 e. The highest BCUT2D eigenvalue weighted by Gasteiger charge is 2.47. The van der Waals surface area contributed by atoms with Crippen molar-refractivity contribution in [3.05, 3.63) is 106 Å². The van der Waals surface area contributed by atoms with E-state index in [-0.39, 0.29) is 0 Å². The lowest BCUT2D eigenvalue weighted by Crippen LogP contribution is -2.54. The summed E-state index contributed by atoms with van der Waals surface area (Å²) in [5, 5.41) is 22.8. The van der Waals surface area contributed by atoms with Crippen LogP contribution in [0.15, 0.2) is 83.6 Å². The van der Waals surface area contributed by atoms with Crippen LogP contribution in [0.3, 0.4) is 0 Å². The van der Waals surface area contributed by atoms with E-state index in [9.17, 15) is 0 Å². The quantitative estimate of drug-likeness (QED) is 0.0202. The third-order valence-corrected chi connectivity index (χ3v) is 46.8. The summed E-state index contributed by atoms with van der Waals surface area (Å²) in [5.41, 5.74) is 10.7. The largest absolute Gasteiger partial charge is 0.144 e. The van der Waals surface area contributed by atoms with Crippen LogP contribution in [0, 0.1) is 0 Å². The predicted octanol–water partition coefficient (Wildman–Crippen LogP) is 36.5. The number of unbranched alkanes of at least 4 members (excludes halogenated alkanes) is 36. The van der Waals surface area contributed by atoms with Crippen LogP contribution in [-0.4, -0.2) is 16.1 Å². The van der Waals surface area contributed by atoms with Crippen LogP contribution in [-0.2, 0) is 25.7 Å². The van der Waals surface area contributed by atoms with Gasteiger partial charge in [-0.2, -0.15) is 0 Å². The molecule has 4 heterocycles. The molecular formula is C102H156S4Si2. The number of fused-ring (bicyclic) bond motifs is 14. The van der Waals surface area contributed by atoms with Crippen molar-refractivity contribution in [3.8, 4) is 0 Å². The molecule has 0 N–H and O–H groups in total. The van der Waals surface area contributed by atoms with E-state index in [2.05, 4.69) is 217 Å². The highest BCUT2D eigenvalue weighted by molar-refractivity contribution is 7.33. The average Bonchev–Trinajstić information content (AvgIpc) is 1.48. The second-order valence-corrected chi connectivity index (χ2v) is 52.6. The van der Waals surface area contributed by atoms with Crippen molar-refractivity contribution < 1.29 is 0 Å². The Hall–Kier alpha value is -3.37. The highest BCUT2D eigenvalue weighted by atomic mass is 32.1. The van der Waals surface area contributed by atoms with Gasteiger partial charge >= 0.3 is 0 Å². The zero-order chi connectivity index (χ0) is 77.0. The molecule has 0 saturated carbocycles. The van der Waals surface area contributed by atoms with E-state index < -0.39 is 16.1 Å². The molecule has 6 heteroatoms. The fourth-order valence-electron chi connectivity index (χ4n) is 21.1. The topological polar surface area (TPSA) is 0 Å². The fourth-order valence-corrected chi connectivity index (χ4v) is 43.5. The number of hydrogen-bond acceptors (Lipinski definition) is 4. The van der Waals surface area contributed by atoms with Crippen molar-refractivity contribution in [1.82, 2.24) is 0 Å². The van der Waals surface area contributed by atoms with Crippen molar-refractivity contribution >= 4 is 154 Å². The third kappa shape index (κ3) is 22.2. The Morgan fingerprint density at radius 1 is 0.213 bits per heavy atom. The molecule has 0 aliphatic heterocycles. The monoisotopic (exact) mass is 1570 g/mol. The van der Waals surface area contributed by atoms with Gasteiger partial charge in [-0.05, 0) is 218 Å². The maximum atomic E-state index is 2.76. The molecule has 4 aromatic heterocycles. The number of thiophene rings is 4. The molecule has 108 heavy (non-hydrogen) atoms. The Morgan fingerprint density at radius 2 is 0.417 bits per heavy atom. The van der Waals surface area contributed by atoms with Gasteiger partial charge in [0.2, 0.25) is 0 Å². The van der Waals surface area contributed by atoms with Gasteiger partial charge in [-0.25, -0.2) is 0 Å². The van der Waals surface area contributed by atoms with Gasteiger partial charge < -0.3 is 0 Å². The number of benzene rings is 6. The summed E-state index contributed by atoms with van der Waals surface area (Å²) in [6.45, 7) is 39.9. The third-order valence-electron chi connectivity index (χ3n) is 26.8. The van der Waals surface area contributed by atoms with Crippen LogP contribution in [0.25, 0.3) is 83.4 Å². The molecule has 0 nitrogen and oxygen atoms in total. The lowest BCUT2D eigenvalue weighted by Gasteiger charge is -2.42. The SMILES string of the molecule is CCCCCCCCCCCCc1cc2c3cc(CCCCCCCCCCCC)c4cc([Si](C(C)C)(C(C)C)C(C)C)sc4c3ccc2c2sc([Si](C(C)C)(C(C)C)C(C)C)cc12.CCCCCCCCCCCCc1cc2c3cc(CCCCCCCCCCCC)c4ccsc4c3ccc2c2sccc12. The lowest BCUT2D eigenvalue weighted by atomic mass is 9.92. The maximum absolute atomic E-state index is 2.76. The Kier molecular flexibility index (Phi) is 37.4. The van der Waals surface area contributed by atoms with Gasteiger partial charge in [-0.1, -0.05) is 366 Å². The van der Waals surface area contributed by atoms with E-state index in [1.165, 1.54) is 346 Å². The van der Waals surface area contributed by atoms with Crippen LogP contribution in [0.1, 0.15) is 390 Å². The molecular weight excluding hydrogens is 1410 g/mol. The zero-order valence-corrected chi connectivity index (χ0v) is 77.6. The Bertz CT molecular complexity index is 3930. The van der Waals surface area contributed by atoms with Crippen molar-refractivity contribution in [1.29, 1.82) is 0 Å². The maximum Gasteiger partial charge on any atom is 0.107 e. The minimum Gasteiger partial charge on any atom is -0.144 e. The first-order valence-corrected chi connectivity index (χ1v) is 54.0. The molecule has 10 rings (SSSR count). The van der Waals surface area contributed by atoms with Crippen LogP contribution >= 0.6 is 45.3 Å². The zero-order valence-electron chi connectivity index (χ0n) is 72.3. The molecule has 0 bridgehead atoms. The van der Waals surface area contributed by atoms with Crippen molar-refractivity contribution in [2.75, 3.05) is 0 Å². The lowest BCUT2D eigenvalue weighted by molar-refractivity contribution is 0.556. The minimum absolute atomic E-state index is 0.714. The fraction of sp³-hybridized carbons (Fsp3) is 0.647. The average molecular weight is 1570 g/mol. The molecule has 0 amide bonds. The normalized spacial score (nSPS) is 12.7. The van der Waals surface area contributed by atoms with E-state index in [1.54, 1.807) is 51.4 Å². The van der Waals surface area contributed by atoms with Gasteiger partial charge in [0, 0.05) is 40.3 Å². The van der Waals surface area contributed by atoms with Gasteiger partial charge in [0.05, 0.1) is 0 Å². The second-order valence-electron chi connectivity index (χ2n) is 36.2. The molecule has 10 aromatic rings. The van der Waals surface area contributed by atoms with Crippen molar-refractivity contribution in [2.24, 2.45) is 0 Å². The Morgan fingerprint density at radius 3 is 0.639 bits per heavy atom. The first kappa shape index (κ1) is 88.6. The molecule has 6 aromatic carbocycles. The number of rotatable bonds is 52. The van der Waals surface area contributed by atoms with E-state index in [4.69, 9.17) is 0 Å². The molecule has 0 spiro atoms. The summed E-state index contributed by atoms with van der Waals surface area (Å²) in [7, 11) is -3.63. The van der Waals surface area contributed by atoms with Crippen molar-refractivity contribution in [3.63, 3.8) is 0 Å². The first-order chi connectivity index (χ1) is 52.5. The summed E-state index contributed by atoms with van der Waals surface area (Å²) in [6, 6.07) is 30.9. The molecule has 0 unspecified atom stereocenters. The van der Waals surface area contributed by atoms with Crippen LogP contribution in [0.4, 0.5) is 0 Å². The van der Waals surface area contributed by atoms with Gasteiger partial charge in [0.15, 0.2) is 0 Å². The van der Waals surface area contributed by atoms with Crippen molar-refractivity contribution in [2.45, 2.75) is 427 Å². The van der Waals surface area contributed by atoms with Gasteiger partial charge in [-0.15, -0.1) is 45.3 Å². The van der Waals surface area contributed by atoms with E-state index in [0.29, 0.717) is 33.2 Å². The van der Waals surface area contributed by atoms with Gasteiger partial charge in [-0.3, -0.25) is 0 Å². The number of aryl methyl sites for hydroxylation is 4. The summed E-state index contributed by atoms with van der Waals surface area (Å²) >= 11 is 8.32. The first-order valence-electron chi connectivity index (χ1n) is 46.1. The molecule has 0 radical (unpaired) electrons. The van der Waals surface area contributed by atoms with Crippen LogP contribution < -0.4 is 9.00 Å².